The van der Waals surface area contributed by atoms with Crippen molar-refractivity contribution in [1.29, 1.82) is 0 Å². The molecule has 1 heterocycles. The minimum atomic E-state index is -0.176. The molecule has 4 nitrogen and oxygen atoms in total. The summed E-state index contributed by atoms with van der Waals surface area (Å²) < 4.78 is 0. The van der Waals surface area contributed by atoms with Crippen LogP contribution in [0.5, 0.6) is 0 Å². The molecule has 110 valence electrons. The Bertz CT molecular complexity index is 492. The zero-order chi connectivity index (χ0) is 14.7. The smallest absolute Gasteiger partial charge is 0.242 e. The molecule has 3 N–H and O–H groups in total. The first-order valence-corrected chi connectivity index (χ1v) is 8.10. The Morgan fingerprint density at radius 3 is 2.95 bits per heavy atom. The molecule has 2 atom stereocenters. The van der Waals surface area contributed by atoms with Gasteiger partial charge in [-0.1, -0.05) is 6.92 Å². The molecule has 0 saturated heterocycles. The van der Waals surface area contributed by atoms with Crippen molar-refractivity contribution in [2.24, 2.45) is 0 Å². The van der Waals surface area contributed by atoms with Gasteiger partial charge in [0.1, 0.15) is 6.04 Å². The number of amides is 1. The molecule has 0 saturated carbocycles. The summed E-state index contributed by atoms with van der Waals surface area (Å²) in [4.78, 5) is 15.7. The van der Waals surface area contributed by atoms with Crippen molar-refractivity contribution >= 4 is 29.0 Å². The fraction of sp³-hybridized carbons (Fsp3) is 0.533. The summed E-state index contributed by atoms with van der Waals surface area (Å²) in [5, 5.41) is 3.05. The molecule has 0 radical (unpaired) electrons. The second kappa shape index (κ2) is 6.39. The molecule has 0 aliphatic carbocycles. The summed E-state index contributed by atoms with van der Waals surface area (Å²) in [6.45, 7) is 6.93. The largest absolute Gasteiger partial charge is 0.399 e. The number of fused-ring (bicyclic) bond motifs is 1. The highest BCUT2D eigenvalue weighted by Crippen LogP contribution is 2.37. The number of hydrogen-bond acceptors (Lipinski definition) is 4. The van der Waals surface area contributed by atoms with Crippen LogP contribution in [0.15, 0.2) is 23.1 Å². The number of nitrogen functional groups attached to an aromatic ring is 1. The molecule has 0 aromatic heterocycles. The van der Waals surface area contributed by atoms with Crippen LogP contribution in [-0.4, -0.2) is 30.3 Å². The summed E-state index contributed by atoms with van der Waals surface area (Å²) in [5.74, 6) is 1.08. The normalized spacial score (nSPS) is 17.2. The maximum Gasteiger partial charge on any atom is 0.242 e. The van der Waals surface area contributed by atoms with Gasteiger partial charge in [-0.05, 0) is 38.5 Å². The lowest BCUT2D eigenvalue weighted by molar-refractivity contribution is -0.122. The van der Waals surface area contributed by atoms with Gasteiger partial charge in [0.15, 0.2) is 0 Å². The Kier molecular flexibility index (Phi) is 4.81. The van der Waals surface area contributed by atoms with E-state index < -0.39 is 0 Å². The molecule has 1 amide bonds. The maximum absolute atomic E-state index is 12.3. The van der Waals surface area contributed by atoms with Gasteiger partial charge in [0.2, 0.25) is 5.91 Å². The first-order valence-electron chi connectivity index (χ1n) is 7.12. The molecule has 1 aliphatic heterocycles. The van der Waals surface area contributed by atoms with Gasteiger partial charge in [0, 0.05) is 28.9 Å². The summed E-state index contributed by atoms with van der Waals surface area (Å²) in [7, 11) is 0. The molecule has 0 fully saturated rings. The highest BCUT2D eigenvalue weighted by Gasteiger charge is 2.26. The number of thioether (sulfide) groups is 1. The van der Waals surface area contributed by atoms with E-state index in [1.807, 2.05) is 43.8 Å². The van der Waals surface area contributed by atoms with E-state index in [-0.39, 0.29) is 18.0 Å². The molecular formula is C15H23N3OS. The number of nitrogens with two attached hydrogens (primary N) is 1. The first-order chi connectivity index (χ1) is 9.52. The van der Waals surface area contributed by atoms with Crippen molar-refractivity contribution in [3.8, 4) is 0 Å². The van der Waals surface area contributed by atoms with E-state index in [0.717, 1.165) is 30.1 Å². The molecule has 1 aromatic carbocycles. The number of nitrogens with zero attached hydrogens (tertiary/aromatic N) is 1. The number of benzene rings is 1. The quantitative estimate of drug-likeness (QED) is 0.837. The predicted molar refractivity (Wildman–Crippen MR) is 86.3 cm³/mol. The number of rotatable bonds is 4. The number of nitrogens with one attached hydrogen (secondary N) is 1. The van der Waals surface area contributed by atoms with Crippen molar-refractivity contribution in [3.63, 3.8) is 0 Å². The number of carbonyl (C=O) groups is 1. The van der Waals surface area contributed by atoms with Gasteiger partial charge < -0.3 is 16.0 Å². The Hall–Kier alpha value is -1.36. The van der Waals surface area contributed by atoms with Crippen molar-refractivity contribution in [2.45, 2.75) is 44.2 Å². The lowest BCUT2D eigenvalue weighted by Crippen LogP contribution is -2.49. The van der Waals surface area contributed by atoms with E-state index in [9.17, 15) is 4.79 Å². The van der Waals surface area contributed by atoms with Crippen LogP contribution in [0.2, 0.25) is 0 Å². The topological polar surface area (TPSA) is 58.4 Å². The Morgan fingerprint density at radius 1 is 1.50 bits per heavy atom. The van der Waals surface area contributed by atoms with Crippen LogP contribution >= 0.6 is 11.8 Å². The fourth-order valence-corrected chi connectivity index (χ4v) is 3.26. The van der Waals surface area contributed by atoms with Crippen LogP contribution in [0, 0.1) is 0 Å². The zero-order valence-electron chi connectivity index (χ0n) is 12.3. The summed E-state index contributed by atoms with van der Waals surface area (Å²) >= 11 is 1.82. The summed E-state index contributed by atoms with van der Waals surface area (Å²) in [5.41, 5.74) is 7.70. The SMILES string of the molecule is CCC(C)NC(=O)C(C)N1CCSc2ccc(N)cc21. The lowest BCUT2D eigenvalue weighted by Gasteiger charge is -2.35. The van der Waals surface area contributed by atoms with Crippen LogP contribution in [-0.2, 0) is 4.79 Å². The van der Waals surface area contributed by atoms with E-state index in [1.165, 1.54) is 4.90 Å². The average Bonchev–Trinajstić information content (AvgIpc) is 2.45. The Morgan fingerprint density at radius 2 is 2.25 bits per heavy atom. The van der Waals surface area contributed by atoms with Gasteiger partial charge in [-0.15, -0.1) is 11.8 Å². The maximum atomic E-state index is 12.3. The monoisotopic (exact) mass is 293 g/mol. The van der Waals surface area contributed by atoms with Crippen LogP contribution in [0.1, 0.15) is 27.2 Å². The third-order valence-electron chi connectivity index (χ3n) is 3.73. The summed E-state index contributed by atoms with van der Waals surface area (Å²) in [6.07, 6.45) is 0.942. The molecule has 2 rings (SSSR count). The van der Waals surface area contributed by atoms with Gasteiger partial charge in [0.05, 0.1) is 5.69 Å². The van der Waals surface area contributed by atoms with Crippen LogP contribution in [0.3, 0.4) is 0 Å². The molecule has 20 heavy (non-hydrogen) atoms. The van der Waals surface area contributed by atoms with E-state index in [0.29, 0.717) is 0 Å². The molecule has 1 aromatic rings. The number of carbonyl (C=O) groups excluding carboxylic acids is 1. The third kappa shape index (κ3) is 3.20. The molecular weight excluding hydrogens is 270 g/mol. The van der Waals surface area contributed by atoms with E-state index in [2.05, 4.69) is 17.1 Å². The molecule has 0 spiro atoms. The fourth-order valence-electron chi connectivity index (χ4n) is 2.26. The lowest BCUT2D eigenvalue weighted by atomic mass is 10.1. The van der Waals surface area contributed by atoms with Gasteiger partial charge >= 0.3 is 0 Å². The average molecular weight is 293 g/mol. The third-order valence-corrected chi connectivity index (χ3v) is 4.77. The Labute approximate surface area is 125 Å². The predicted octanol–water partition coefficient (Wildman–Crippen LogP) is 2.48. The van der Waals surface area contributed by atoms with Gasteiger partial charge in [-0.2, -0.15) is 0 Å². The van der Waals surface area contributed by atoms with Gasteiger partial charge in [-0.25, -0.2) is 0 Å². The van der Waals surface area contributed by atoms with Crippen LogP contribution < -0.4 is 16.0 Å². The Balaban J connectivity index is 2.18. The van der Waals surface area contributed by atoms with Gasteiger partial charge in [0.25, 0.3) is 0 Å². The van der Waals surface area contributed by atoms with E-state index in [1.54, 1.807) is 0 Å². The summed E-state index contributed by atoms with van der Waals surface area (Å²) in [6, 6.07) is 5.96. The van der Waals surface area contributed by atoms with Crippen LogP contribution in [0.25, 0.3) is 0 Å². The van der Waals surface area contributed by atoms with Gasteiger partial charge in [-0.3, -0.25) is 4.79 Å². The van der Waals surface area contributed by atoms with Crippen molar-refractivity contribution in [2.75, 3.05) is 22.9 Å². The van der Waals surface area contributed by atoms with Crippen molar-refractivity contribution < 1.29 is 4.79 Å². The van der Waals surface area contributed by atoms with E-state index >= 15 is 0 Å². The minimum absolute atomic E-state index is 0.0830. The second-order valence-corrected chi connectivity index (χ2v) is 6.40. The van der Waals surface area contributed by atoms with Crippen molar-refractivity contribution in [1.82, 2.24) is 5.32 Å². The zero-order valence-corrected chi connectivity index (χ0v) is 13.2. The molecule has 2 unspecified atom stereocenters. The number of hydrogen-bond donors (Lipinski definition) is 2. The molecule has 5 heteroatoms. The highest BCUT2D eigenvalue weighted by atomic mass is 32.2. The highest BCUT2D eigenvalue weighted by molar-refractivity contribution is 7.99. The van der Waals surface area contributed by atoms with Crippen molar-refractivity contribution in [3.05, 3.63) is 18.2 Å². The van der Waals surface area contributed by atoms with E-state index in [4.69, 9.17) is 5.73 Å². The second-order valence-electron chi connectivity index (χ2n) is 5.26. The first kappa shape index (κ1) is 15.0. The molecule has 1 aliphatic rings. The standard InChI is InChI=1S/C15H23N3OS/c1-4-10(2)17-15(19)11(3)18-7-8-20-14-6-5-12(16)9-13(14)18/h5-6,9-11H,4,7-8,16H2,1-3H3,(H,17,19). The number of anilines is 2. The van der Waals surface area contributed by atoms with Crippen LogP contribution in [0.4, 0.5) is 11.4 Å². The minimum Gasteiger partial charge on any atom is -0.399 e. The molecule has 0 bridgehead atoms.